The molecule has 0 amide bonds. The lowest BCUT2D eigenvalue weighted by Gasteiger charge is -2.06. The Bertz CT molecular complexity index is 793. The van der Waals surface area contributed by atoms with Crippen LogP contribution in [0.2, 0.25) is 0 Å². The Hall–Kier alpha value is -2.46. The second kappa shape index (κ2) is 6.12. The number of hydrogen-bond acceptors (Lipinski definition) is 3. The molecule has 0 atom stereocenters. The van der Waals surface area contributed by atoms with Crippen LogP contribution >= 0.6 is 0 Å². The van der Waals surface area contributed by atoms with Gasteiger partial charge in [-0.1, -0.05) is 24.3 Å². The lowest BCUT2D eigenvalue weighted by molar-refractivity contribution is 0.305. The van der Waals surface area contributed by atoms with Gasteiger partial charge in [0, 0.05) is 36.3 Å². The number of phenols is 1. The van der Waals surface area contributed by atoms with Crippen molar-refractivity contribution in [2.24, 2.45) is 5.73 Å². The van der Waals surface area contributed by atoms with Crippen molar-refractivity contribution in [2.45, 2.75) is 26.6 Å². The van der Waals surface area contributed by atoms with Crippen molar-refractivity contribution in [3.8, 4) is 11.5 Å². The normalized spacial score (nSPS) is 11.0. The molecule has 0 radical (unpaired) electrons. The molecule has 1 aromatic heterocycles. The van der Waals surface area contributed by atoms with Crippen molar-refractivity contribution in [2.75, 3.05) is 0 Å². The topological polar surface area (TPSA) is 60.4 Å². The van der Waals surface area contributed by atoms with Gasteiger partial charge in [-0.3, -0.25) is 0 Å². The minimum Gasteiger partial charge on any atom is -0.508 e. The Morgan fingerprint density at radius 3 is 2.68 bits per heavy atom. The largest absolute Gasteiger partial charge is 0.508 e. The SMILES string of the molecule is CCn1cc(COc2cccc(O)c2)c2cccc(CN)c21. The summed E-state index contributed by atoms with van der Waals surface area (Å²) in [6.07, 6.45) is 2.12. The van der Waals surface area contributed by atoms with Crippen LogP contribution in [0.1, 0.15) is 18.1 Å². The molecule has 0 aliphatic rings. The number of hydrogen-bond donors (Lipinski definition) is 2. The number of nitrogens with zero attached hydrogens (tertiary/aromatic N) is 1. The lowest BCUT2D eigenvalue weighted by Crippen LogP contribution is -2.00. The average molecular weight is 296 g/mol. The van der Waals surface area contributed by atoms with Crippen molar-refractivity contribution < 1.29 is 9.84 Å². The van der Waals surface area contributed by atoms with Crippen LogP contribution < -0.4 is 10.5 Å². The van der Waals surface area contributed by atoms with Gasteiger partial charge in [0.15, 0.2) is 0 Å². The molecule has 3 N–H and O–H groups in total. The van der Waals surface area contributed by atoms with Gasteiger partial charge in [-0.15, -0.1) is 0 Å². The summed E-state index contributed by atoms with van der Waals surface area (Å²) in [5, 5.41) is 10.7. The van der Waals surface area contributed by atoms with E-state index in [1.807, 2.05) is 12.1 Å². The second-order valence-electron chi connectivity index (χ2n) is 5.24. The minimum absolute atomic E-state index is 0.207. The third-order valence-electron chi connectivity index (χ3n) is 3.84. The molecule has 4 nitrogen and oxygen atoms in total. The van der Waals surface area contributed by atoms with Crippen molar-refractivity contribution >= 4 is 10.9 Å². The summed E-state index contributed by atoms with van der Waals surface area (Å²) in [5.74, 6) is 0.867. The third kappa shape index (κ3) is 2.65. The third-order valence-corrected chi connectivity index (χ3v) is 3.84. The first-order chi connectivity index (χ1) is 10.7. The summed E-state index contributed by atoms with van der Waals surface area (Å²) in [5.41, 5.74) is 9.30. The van der Waals surface area contributed by atoms with Crippen LogP contribution in [-0.2, 0) is 19.7 Å². The molecular weight excluding hydrogens is 276 g/mol. The van der Waals surface area contributed by atoms with Crippen LogP contribution in [0.4, 0.5) is 0 Å². The van der Waals surface area contributed by atoms with Crippen LogP contribution in [0.5, 0.6) is 11.5 Å². The molecule has 0 aliphatic heterocycles. The molecule has 3 aromatic rings. The number of phenolic OH excluding ortho intramolecular Hbond substituents is 1. The predicted molar refractivity (Wildman–Crippen MR) is 87.9 cm³/mol. The van der Waals surface area contributed by atoms with E-state index in [2.05, 4.69) is 29.8 Å². The lowest BCUT2D eigenvalue weighted by atomic mass is 10.1. The highest BCUT2D eigenvalue weighted by Gasteiger charge is 2.11. The van der Waals surface area contributed by atoms with E-state index < -0.39 is 0 Å². The highest BCUT2D eigenvalue weighted by molar-refractivity contribution is 5.86. The first-order valence-electron chi connectivity index (χ1n) is 7.44. The summed E-state index contributed by atoms with van der Waals surface area (Å²) in [6, 6.07) is 13.0. The number of nitrogens with two attached hydrogens (primary N) is 1. The van der Waals surface area contributed by atoms with Crippen LogP contribution in [-0.4, -0.2) is 9.67 Å². The van der Waals surface area contributed by atoms with Gasteiger partial charge in [0.1, 0.15) is 18.1 Å². The molecule has 2 aromatic carbocycles. The molecule has 0 aliphatic carbocycles. The highest BCUT2D eigenvalue weighted by Crippen LogP contribution is 2.26. The predicted octanol–water partition coefficient (Wildman–Crippen LogP) is 3.40. The van der Waals surface area contributed by atoms with E-state index in [0.717, 1.165) is 17.7 Å². The first-order valence-corrected chi connectivity index (χ1v) is 7.44. The van der Waals surface area contributed by atoms with E-state index >= 15 is 0 Å². The summed E-state index contributed by atoms with van der Waals surface area (Å²) in [6.45, 7) is 3.99. The monoisotopic (exact) mass is 296 g/mol. The Kier molecular flexibility index (Phi) is 4.02. The summed E-state index contributed by atoms with van der Waals surface area (Å²) < 4.78 is 8.01. The van der Waals surface area contributed by atoms with Crippen LogP contribution in [0.25, 0.3) is 10.9 Å². The van der Waals surface area contributed by atoms with E-state index in [0.29, 0.717) is 18.9 Å². The summed E-state index contributed by atoms with van der Waals surface area (Å²) in [4.78, 5) is 0. The fourth-order valence-electron chi connectivity index (χ4n) is 2.78. The fourth-order valence-corrected chi connectivity index (χ4v) is 2.78. The first kappa shape index (κ1) is 14.5. The number of ether oxygens (including phenoxy) is 1. The molecule has 4 heteroatoms. The Labute approximate surface area is 129 Å². The number of aromatic nitrogens is 1. The van der Waals surface area contributed by atoms with Crippen molar-refractivity contribution in [3.05, 3.63) is 59.8 Å². The molecule has 22 heavy (non-hydrogen) atoms. The molecule has 0 spiro atoms. The van der Waals surface area contributed by atoms with Crippen molar-refractivity contribution in [1.29, 1.82) is 0 Å². The maximum Gasteiger partial charge on any atom is 0.123 e. The zero-order valence-corrected chi connectivity index (χ0v) is 12.6. The zero-order valence-electron chi connectivity index (χ0n) is 12.6. The minimum atomic E-state index is 0.207. The highest BCUT2D eigenvalue weighted by atomic mass is 16.5. The van der Waals surface area contributed by atoms with Gasteiger partial charge < -0.3 is 20.1 Å². The van der Waals surface area contributed by atoms with Gasteiger partial charge >= 0.3 is 0 Å². The Balaban J connectivity index is 1.94. The average Bonchev–Trinajstić information content (AvgIpc) is 2.91. The summed E-state index contributed by atoms with van der Waals surface area (Å²) in [7, 11) is 0. The number of para-hydroxylation sites is 1. The molecule has 0 bridgehead atoms. The van der Waals surface area contributed by atoms with Crippen LogP contribution in [0.3, 0.4) is 0 Å². The van der Waals surface area contributed by atoms with Gasteiger partial charge in [0.25, 0.3) is 0 Å². The van der Waals surface area contributed by atoms with E-state index in [1.165, 1.54) is 10.9 Å². The maximum absolute atomic E-state index is 9.49. The second-order valence-corrected chi connectivity index (χ2v) is 5.24. The molecule has 1 heterocycles. The van der Waals surface area contributed by atoms with E-state index in [9.17, 15) is 5.11 Å². The van der Waals surface area contributed by atoms with Crippen molar-refractivity contribution in [1.82, 2.24) is 4.57 Å². The molecule has 0 saturated carbocycles. The number of benzene rings is 2. The van der Waals surface area contributed by atoms with Gasteiger partial charge in [-0.05, 0) is 24.6 Å². The standard InChI is InChI=1S/C18H20N2O2/c1-2-20-11-14(12-22-16-7-4-6-15(21)9-16)17-8-3-5-13(10-19)18(17)20/h3-9,11,21H,2,10,12,19H2,1H3. The number of aryl methyl sites for hydroxylation is 1. The van der Waals surface area contributed by atoms with Gasteiger partial charge in [0.05, 0.1) is 5.52 Å². The van der Waals surface area contributed by atoms with Gasteiger partial charge in [0.2, 0.25) is 0 Å². The van der Waals surface area contributed by atoms with Crippen LogP contribution in [0, 0.1) is 0 Å². The van der Waals surface area contributed by atoms with Crippen molar-refractivity contribution in [3.63, 3.8) is 0 Å². The van der Waals surface area contributed by atoms with Gasteiger partial charge in [-0.2, -0.15) is 0 Å². The van der Waals surface area contributed by atoms with E-state index in [-0.39, 0.29) is 5.75 Å². The molecule has 114 valence electrons. The summed E-state index contributed by atoms with van der Waals surface area (Å²) >= 11 is 0. The number of aromatic hydroxyl groups is 1. The Morgan fingerprint density at radius 1 is 1.14 bits per heavy atom. The molecule has 0 saturated heterocycles. The zero-order chi connectivity index (χ0) is 15.5. The quantitative estimate of drug-likeness (QED) is 0.758. The molecule has 3 rings (SSSR count). The van der Waals surface area contributed by atoms with E-state index in [4.69, 9.17) is 10.5 Å². The number of rotatable bonds is 5. The van der Waals surface area contributed by atoms with E-state index in [1.54, 1.807) is 18.2 Å². The van der Waals surface area contributed by atoms with Gasteiger partial charge in [-0.25, -0.2) is 0 Å². The number of fused-ring (bicyclic) bond motifs is 1. The molecule has 0 unspecified atom stereocenters. The Morgan fingerprint density at radius 2 is 1.95 bits per heavy atom. The smallest absolute Gasteiger partial charge is 0.123 e. The van der Waals surface area contributed by atoms with Crippen LogP contribution in [0.15, 0.2) is 48.7 Å². The fraction of sp³-hybridized carbons (Fsp3) is 0.222. The molecular formula is C18H20N2O2. The molecule has 0 fully saturated rings. The maximum atomic E-state index is 9.49.